The third-order valence-corrected chi connectivity index (χ3v) is 3.43. The van der Waals surface area contributed by atoms with Gasteiger partial charge in [0, 0.05) is 17.7 Å². The molecule has 1 aromatic carbocycles. The van der Waals surface area contributed by atoms with Crippen LogP contribution in [0, 0.1) is 22.7 Å². The lowest BCUT2D eigenvalue weighted by atomic mass is 9.94. The van der Waals surface area contributed by atoms with Crippen LogP contribution in [0.25, 0.3) is 11.1 Å². The van der Waals surface area contributed by atoms with Crippen LogP contribution in [0.15, 0.2) is 16.9 Å². The van der Waals surface area contributed by atoms with Crippen LogP contribution in [0.2, 0.25) is 0 Å². The molecule has 0 aliphatic carbocycles. The van der Waals surface area contributed by atoms with E-state index in [0.29, 0.717) is 5.75 Å². The quantitative estimate of drug-likeness (QED) is 0.867. The molecule has 0 saturated carbocycles. The van der Waals surface area contributed by atoms with Crippen LogP contribution in [-0.4, -0.2) is 26.3 Å². The van der Waals surface area contributed by atoms with Crippen LogP contribution < -0.4 is 25.5 Å². The number of H-pyrrole nitrogens is 1. The molecular weight excluding hydrogens is 312 g/mol. The highest BCUT2D eigenvalue weighted by atomic mass is 16.5. The Bertz CT molecular complexity index is 910. The molecule has 0 bridgehead atoms. The van der Waals surface area contributed by atoms with Crippen molar-refractivity contribution in [3.05, 3.63) is 33.6 Å². The molecule has 0 aliphatic rings. The first kappa shape index (κ1) is 16.7. The smallest absolute Gasteiger partial charge is 0.268 e. The maximum atomic E-state index is 12.1. The van der Waals surface area contributed by atoms with Crippen molar-refractivity contribution in [2.75, 3.05) is 27.1 Å². The van der Waals surface area contributed by atoms with Gasteiger partial charge in [-0.05, 0) is 0 Å². The minimum absolute atomic E-state index is 0.0482. The molecule has 1 heterocycles. The molecule has 0 saturated heterocycles. The number of nitrogens with zero attached hydrogens (tertiary/aromatic N) is 2. The van der Waals surface area contributed by atoms with E-state index in [1.165, 1.54) is 21.3 Å². The summed E-state index contributed by atoms with van der Waals surface area (Å²) in [4.78, 5) is 14.4. The van der Waals surface area contributed by atoms with Gasteiger partial charge in [0.25, 0.3) is 5.56 Å². The Morgan fingerprint density at radius 3 is 1.92 bits per heavy atom. The highest BCUT2D eigenvalue weighted by Gasteiger charge is 2.25. The molecule has 0 atom stereocenters. The summed E-state index contributed by atoms with van der Waals surface area (Å²) in [5.74, 6) is 0.840. The van der Waals surface area contributed by atoms with Crippen molar-refractivity contribution in [3.63, 3.8) is 0 Å². The van der Waals surface area contributed by atoms with Crippen molar-refractivity contribution in [2.45, 2.75) is 0 Å². The number of hydrogen-bond acceptors (Lipinski definition) is 7. The monoisotopic (exact) mass is 326 g/mol. The number of aromatic nitrogens is 1. The predicted molar refractivity (Wildman–Crippen MR) is 86.0 cm³/mol. The lowest BCUT2D eigenvalue weighted by Gasteiger charge is -2.17. The molecule has 8 nitrogen and oxygen atoms in total. The van der Waals surface area contributed by atoms with Crippen molar-refractivity contribution in [1.82, 2.24) is 4.98 Å². The van der Waals surface area contributed by atoms with E-state index < -0.39 is 5.56 Å². The highest BCUT2D eigenvalue weighted by Crippen LogP contribution is 2.44. The van der Waals surface area contributed by atoms with E-state index in [9.17, 15) is 15.3 Å². The number of nitriles is 2. The second-order valence-electron chi connectivity index (χ2n) is 4.62. The maximum Gasteiger partial charge on any atom is 0.268 e. The van der Waals surface area contributed by atoms with Crippen molar-refractivity contribution in [3.8, 4) is 40.5 Å². The molecule has 1 aromatic heterocycles. The molecule has 0 radical (unpaired) electrons. The number of hydrogen-bond donors (Lipinski definition) is 2. The minimum Gasteiger partial charge on any atom is -0.496 e. The zero-order valence-electron chi connectivity index (χ0n) is 13.3. The molecule has 8 heteroatoms. The van der Waals surface area contributed by atoms with Crippen molar-refractivity contribution >= 4 is 5.82 Å². The van der Waals surface area contributed by atoms with Crippen LogP contribution >= 0.6 is 0 Å². The number of nitrogens with two attached hydrogens (primary N) is 1. The van der Waals surface area contributed by atoms with Gasteiger partial charge in [-0.3, -0.25) is 4.79 Å². The third kappa shape index (κ3) is 2.57. The number of methoxy groups -OCH3 is 3. The normalized spacial score (nSPS) is 9.71. The van der Waals surface area contributed by atoms with E-state index in [0.717, 1.165) is 0 Å². The summed E-state index contributed by atoms with van der Waals surface area (Å²) in [6.07, 6.45) is 0. The molecule has 24 heavy (non-hydrogen) atoms. The fraction of sp³-hybridized carbons (Fsp3) is 0.188. The lowest BCUT2D eigenvalue weighted by molar-refractivity contribution is 0.377. The molecule has 3 N–H and O–H groups in total. The summed E-state index contributed by atoms with van der Waals surface area (Å²) in [7, 11) is 4.29. The van der Waals surface area contributed by atoms with Gasteiger partial charge < -0.3 is 24.9 Å². The van der Waals surface area contributed by atoms with Gasteiger partial charge in [0.2, 0.25) is 0 Å². The van der Waals surface area contributed by atoms with Crippen LogP contribution in [-0.2, 0) is 0 Å². The highest BCUT2D eigenvalue weighted by molar-refractivity contribution is 5.87. The van der Waals surface area contributed by atoms with Gasteiger partial charge in [-0.2, -0.15) is 10.5 Å². The number of rotatable bonds is 4. The van der Waals surface area contributed by atoms with Crippen LogP contribution in [0.3, 0.4) is 0 Å². The second-order valence-corrected chi connectivity index (χ2v) is 4.62. The summed E-state index contributed by atoms with van der Waals surface area (Å²) in [6, 6.07) is 6.82. The van der Waals surface area contributed by atoms with Crippen molar-refractivity contribution in [1.29, 1.82) is 10.5 Å². The Labute approximate surface area is 137 Å². The van der Waals surface area contributed by atoms with E-state index in [1.807, 2.05) is 6.07 Å². The number of ether oxygens (including phenoxy) is 3. The molecule has 2 aromatic rings. The minimum atomic E-state index is -0.705. The average molecular weight is 326 g/mol. The zero-order chi connectivity index (χ0) is 17.9. The van der Waals surface area contributed by atoms with Gasteiger partial charge in [-0.15, -0.1) is 0 Å². The summed E-state index contributed by atoms with van der Waals surface area (Å²) >= 11 is 0. The number of benzene rings is 1. The Morgan fingerprint density at radius 1 is 0.958 bits per heavy atom. The van der Waals surface area contributed by atoms with Crippen molar-refractivity contribution in [2.24, 2.45) is 0 Å². The molecular formula is C16H14N4O4. The van der Waals surface area contributed by atoms with Gasteiger partial charge in [0.05, 0.1) is 26.9 Å². The number of aromatic amines is 1. The van der Waals surface area contributed by atoms with Crippen LogP contribution in [0.4, 0.5) is 5.82 Å². The summed E-state index contributed by atoms with van der Waals surface area (Å²) in [5.41, 5.74) is 5.05. The first-order valence-corrected chi connectivity index (χ1v) is 6.68. The number of pyridine rings is 1. The predicted octanol–water partition coefficient (Wildman–Crippen LogP) is 1.39. The van der Waals surface area contributed by atoms with E-state index in [2.05, 4.69) is 4.98 Å². The average Bonchev–Trinajstić information content (AvgIpc) is 2.59. The molecule has 122 valence electrons. The molecule has 2 rings (SSSR count). The molecule has 0 amide bonds. The molecule has 0 spiro atoms. The zero-order valence-corrected chi connectivity index (χ0v) is 13.3. The number of nitrogen functional groups attached to an aromatic ring is 1. The van der Waals surface area contributed by atoms with E-state index >= 15 is 0 Å². The molecule has 0 unspecified atom stereocenters. The summed E-state index contributed by atoms with van der Waals surface area (Å²) in [5, 5.41) is 18.8. The summed E-state index contributed by atoms with van der Waals surface area (Å²) in [6.45, 7) is 0. The largest absolute Gasteiger partial charge is 0.496 e. The standard InChI is InChI=1S/C16H14N4O4/c1-22-8-4-11(23-2)14(12(5-8)24-3)13-9(6-17)15(19)20-16(21)10(13)7-18/h4-5H,1-3H3,(H3,19,20,21). The SMILES string of the molecule is COc1cc(OC)c(-c2c(C#N)c(N)[nH]c(=O)c2C#N)c(OC)c1. The summed E-state index contributed by atoms with van der Waals surface area (Å²) < 4.78 is 15.8. The Morgan fingerprint density at radius 2 is 1.50 bits per heavy atom. The van der Waals surface area contributed by atoms with Gasteiger partial charge in [0.15, 0.2) is 0 Å². The van der Waals surface area contributed by atoms with Gasteiger partial charge in [-0.25, -0.2) is 0 Å². The first-order valence-electron chi connectivity index (χ1n) is 6.68. The van der Waals surface area contributed by atoms with E-state index in [-0.39, 0.29) is 39.6 Å². The first-order chi connectivity index (χ1) is 11.5. The third-order valence-electron chi connectivity index (χ3n) is 3.43. The van der Waals surface area contributed by atoms with Gasteiger partial charge in [0.1, 0.15) is 46.3 Å². The Kier molecular flexibility index (Phi) is 4.62. The topological polar surface area (TPSA) is 134 Å². The number of nitrogens with one attached hydrogen (secondary N) is 1. The second kappa shape index (κ2) is 6.63. The fourth-order valence-electron chi connectivity index (χ4n) is 2.35. The van der Waals surface area contributed by atoms with Gasteiger partial charge >= 0.3 is 0 Å². The van der Waals surface area contributed by atoms with Crippen LogP contribution in [0.5, 0.6) is 17.2 Å². The Hall–Kier alpha value is -3.65. The van der Waals surface area contributed by atoms with Crippen molar-refractivity contribution < 1.29 is 14.2 Å². The lowest BCUT2D eigenvalue weighted by Crippen LogP contribution is -2.16. The number of anilines is 1. The van der Waals surface area contributed by atoms with Gasteiger partial charge in [-0.1, -0.05) is 0 Å². The molecule has 0 fully saturated rings. The molecule has 0 aliphatic heterocycles. The fourth-order valence-corrected chi connectivity index (χ4v) is 2.35. The Balaban J connectivity index is 3.05. The van der Waals surface area contributed by atoms with Crippen LogP contribution in [0.1, 0.15) is 11.1 Å². The van der Waals surface area contributed by atoms with E-state index in [1.54, 1.807) is 18.2 Å². The maximum absolute atomic E-state index is 12.1. The van der Waals surface area contributed by atoms with E-state index in [4.69, 9.17) is 19.9 Å².